The highest BCUT2D eigenvalue weighted by Gasteiger charge is 2.26. The molecule has 1 unspecified atom stereocenters. The smallest absolute Gasteiger partial charge is 0.0409 e. The van der Waals surface area contributed by atoms with Gasteiger partial charge in [0.25, 0.3) is 0 Å². The highest BCUT2D eigenvalue weighted by molar-refractivity contribution is 7.97. The molecule has 0 spiro atoms. The summed E-state index contributed by atoms with van der Waals surface area (Å²) in [6.07, 6.45) is 17.3. The van der Waals surface area contributed by atoms with Gasteiger partial charge in [-0.2, -0.15) is 11.8 Å². The fraction of sp³-hybridized carbons (Fsp3) is 0.429. The summed E-state index contributed by atoms with van der Waals surface area (Å²) in [4.78, 5) is 8.80. The van der Waals surface area contributed by atoms with Gasteiger partial charge in [0.15, 0.2) is 0 Å². The van der Waals surface area contributed by atoms with E-state index in [2.05, 4.69) is 42.6 Å². The minimum Gasteiger partial charge on any atom is -0.265 e. The first-order valence-electron chi connectivity index (χ1n) is 8.79. The molecule has 2 aromatic heterocycles. The van der Waals surface area contributed by atoms with Crippen LogP contribution in [0.25, 0.3) is 6.08 Å². The lowest BCUT2D eigenvalue weighted by Gasteiger charge is -2.12. The zero-order valence-electron chi connectivity index (χ0n) is 14.6. The lowest BCUT2D eigenvalue weighted by molar-refractivity contribution is 0.581. The number of pyridine rings is 2. The van der Waals surface area contributed by atoms with E-state index >= 15 is 0 Å². The summed E-state index contributed by atoms with van der Waals surface area (Å²) in [6, 6.07) is 6.43. The summed E-state index contributed by atoms with van der Waals surface area (Å²) in [5, 5.41) is 0. The third kappa shape index (κ3) is 4.94. The number of nitrogens with zero attached hydrogens (tertiary/aromatic N) is 2. The van der Waals surface area contributed by atoms with Crippen LogP contribution in [0.4, 0.5) is 0 Å². The maximum absolute atomic E-state index is 4.75. The van der Waals surface area contributed by atoms with E-state index in [0.29, 0.717) is 5.92 Å². The van der Waals surface area contributed by atoms with Crippen LogP contribution in [0.5, 0.6) is 0 Å². The van der Waals surface area contributed by atoms with E-state index in [9.17, 15) is 0 Å². The highest BCUT2D eigenvalue weighted by Crippen LogP contribution is 2.42. The summed E-state index contributed by atoms with van der Waals surface area (Å²) >= 11 is 1.91. The van der Waals surface area contributed by atoms with Gasteiger partial charge in [0.2, 0.25) is 0 Å². The number of hydrogen-bond donors (Lipinski definition) is 0. The zero-order valence-corrected chi connectivity index (χ0v) is 15.4. The largest absolute Gasteiger partial charge is 0.265 e. The molecule has 1 fully saturated rings. The van der Waals surface area contributed by atoms with Crippen LogP contribution < -0.4 is 0 Å². The van der Waals surface area contributed by atoms with Crippen LogP contribution in [-0.2, 0) is 12.2 Å². The molecule has 0 amide bonds. The van der Waals surface area contributed by atoms with Gasteiger partial charge in [-0.3, -0.25) is 9.97 Å². The third-order valence-corrected chi connectivity index (χ3v) is 5.11. The maximum Gasteiger partial charge on any atom is 0.0409 e. The Balaban J connectivity index is 1.58. The van der Waals surface area contributed by atoms with E-state index in [4.69, 9.17) is 4.98 Å². The van der Waals surface area contributed by atoms with Crippen LogP contribution in [0.2, 0.25) is 0 Å². The predicted molar refractivity (Wildman–Crippen MR) is 104 cm³/mol. The van der Waals surface area contributed by atoms with Crippen molar-refractivity contribution >= 4 is 17.8 Å². The molecule has 1 aliphatic carbocycles. The normalized spacial score (nSPS) is 15.8. The van der Waals surface area contributed by atoms with E-state index < -0.39 is 0 Å². The van der Waals surface area contributed by atoms with Crippen LogP contribution in [0.1, 0.15) is 54.5 Å². The van der Waals surface area contributed by atoms with Gasteiger partial charge in [0.05, 0.1) is 0 Å². The second-order valence-electron chi connectivity index (χ2n) is 6.81. The van der Waals surface area contributed by atoms with Crippen LogP contribution in [0.3, 0.4) is 0 Å². The van der Waals surface area contributed by atoms with Crippen molar-refractivity contribution in [2.75, 3.05) is 6.26 Å². The topological polar surface area (TPSA) is 25.8 Å². The fourth-order valence-electron chi connectivity index (χ4n) is 3.06. The van der Waals surface area contributed by atoms with Crippen molar-refractivity contribution in [2.24, 2.45) is 5.92 Å². The van der Waals surface area contributed by atoms with Gasteiger partial charge < -0.3 is 0 Å². The van der Waals surface area contributed by atoms with Crippen LogP contribution in [0.15, 0.2) is 42.9 Å². The number of rotatable bonds is 8. The number of allylic oxidation sites excluding steroid dienone is 1. The Morgan fingerprint density at radius 3 is 2.79 bits per heavy atom. The average molecular weight is 339 g/mol. The Morgan fingerprint density at radius 2 is 2.08 bits per heavy atom. The maximum atomic E-state index is 4.75. The molecule has 0 N–H and O–H groups in total. The molecule has 0 bridgehead atoms. The summed E-state index contributed by atoms with van der Waals surface area (Å²) in [5.74, 6) is 2.50. The van der Waals surface area contributed by atoms with Crippen molar-refractivity contribution in [3.8, 4) is 0 Å². The van der Waals surface area contributed by atoms with Crippen molar-refractivity contribution in [3.05, 3.63) is 65.2 Å². The Hall–Kier alpha value is -1.61. The molecule has 3 heteroatoms. The summed E-state index contributed by atoms with van der Waals surface area (Å²) in [5.41, 5.74) is 5.47. The molecule has 126 valence electrons. The lowest BCUT2D eigenvalue weighted by atomic mass is 9.98. The first kappa shape index (κ1) is 17.2. The zero-order chi connectivity index (χ0) is 16.8. The summed E-state index contributed by atoms with van der Waals surface area (Å²) < 4.78 is 0. The first-order valence-corrected chi connectivity index (χ1v) is 10.2. The van der Waals surface area contributed by atoms with E-state index in [1.165, 1.54) is 35.2 Å². The van der Waals surface area contributed by atoms with E-state index in [1.54, 1.807) is 0 Å². The second kappa shape index (κ2) is 8.48. The van der Waals surface area contributed by atoms with Gasteiger partial charge in [-0.1, -0.05) is 19.1 Å². The minimum absolute atomic E-state index is 0.601. The molecule has 24 heavy (non-hydrogen) atoms. The Kier molecular flexibility index (Phi) is 6.08. The Bertz CT molecular complexity index is 677. The van der Waals surface area contributed by atoms with Crippen LogP contribution in [0, 0.1) is 5.92 Å². The number of aromatic nitrogens is 2. The van der Waals surface area contributed by atoms with Crippen molar-refractivity contribution < 1.29 is 0 Å². The van der Waals surface area contributed by atoms with Gasteiger partial charge >= 0.3 is 0 Å². The quantitative estimate of drug-likeness (QED) is 0.635. The number of hydrogen-bond acceptors (Lipinski definition) is 3. The van der Waals surface area contributed by atoms with Crippen molar-refractivity contribution in [1.82, 2.24) is 9.97 Å². The Morgan fingerprint density at radius 1 is 1.29 bits per heavy atom. The standard InChI is InChI=1S/C21H26N2S/c1-16(4-3-5-17-8-10-22-11-9-17)12-20-13-19(15-24-2)21(14-23-20)18-6-7-18/h3,5,8-11,13-14,16,18H,4,6-7,12,15H2,1-2H3/b5-3+. The minimum atomic E-state index is 0.601. The molecule has 2 heterocycles. The molecule has 3 rings (SSSR count). The SMILES string of the molecule is CSCc1cc(CC(C)C/C=C/c2ccncc2)ncc1C1CC1. The van der Waals surface area contributed by atoms with E-state index in [-0.39, 0.29) is 0 Å². The average Bonchev–Trinajstić information content (AvgIpc) is 3.41. The monoisotopic (exact) mass is 338 g/mol. The van der Waals surface area contributed by atoms with E-state index in [0.717, 1.165) is 24.5 Å². The van der Waals surface area contributed by atoms with Gasteiger partial charge in [-0.05, 0) is 78.7 Å². The van der Waals surface area contributed by atoms with E-state index in [1.807, 2.05) is 36.3 Å². The van der Waals surface area contributed by atoms with Gasteiger partial charge in [0.1, 0.15) is 0 Å². The molecule has 0 radical (unpaired) electrons. The third-order valence-electron chi connectivity index (χ3n) is 4.51. The lowest BCUT2D eigenvalue weighted by Crippen LogP contribution is -2.03. The molecule has 2 nitrogen and oxygen atoms in total. The molecule has 1 aliphatic rings. The molecule has 0 aliphatic heterocycles. The summed E-state index contributed by atoms with van der Waals surface area (Å²) in [6.45, 7) is 2.31. The molecule has 0 aromatic carbocycles. The van der Waals surface area contributed by atoms with Crippen molar-refractivity contribution in [2.45, 2.75) is 44.3 Å². The van der Waals surface area contributed by atoms with Gasteiger partial charge in [0, 0.05) is 30.0 Å². The molecule has 0 saturated heterocycles. The van der Waals surface area contributed by atoms with Crippen LogP contribution in [-0.4, -0.2) is 16.2 Å². The first-order chi connectivity index (χ1) is 11.8. The van der Waals surface area contributed by atoms with Crippen molar-refractivity contribution in [3.63, 3.8) is 0 Å². The molecule has 1 saturated carbocycles. The fourth-order valence-corrected chi connectivity index (χ4v) is 3.62. The molecular weight excluding hydrogens is 312 g/mol. The highest BCUT2D eigenvalue weighted by atomic mass is 32.2. The van der Waals surface area contributed by atoms with Crippen molar-refractivity contribution in [1.29, 1.82) is 0 Å². The second-order valence-corrected chi connectivity index (χ2v) is 7.68. The number of thioether (sulfide) groups is 1. The Labute approximate surface area is 149 Å². The predicted octanol–water partition coefficient (Wildman–Crippen LogP) is 5.50. The van der Waals surface area contributed by atoms with Crippen LogP contribution >= 0.6 is 11.8 Å². The van der Waals surface area contributed by atoms with Gasteiger partial charge in [-0.25, -0.2) is 0 Å². The molecule has 1 atom stereocenters. The molecule has 2 aromatic rings. The summed E-state index contributed by atoms with van der Waals surface area (Å²) in [7, 11) is 0. The van der Waals surface area contributed by atoms with Gasteiger partial charge in [-0.15, -0.1) is 0 Å². The molecular formula is C21H26N2S.